The predicted octanol–water partition coefficient (Wildman–Crippen LogP) is 15.4. The molecule has 0 aliphatic carbocycles. The van der Waals surface area contributed by atoms with Crippen LogP contribution < -0.4 is 14.5 Å². The molecule has 10 aromatic rings. The van der Waals surface area contributed by atoms with E-state index < -0.39 is 0 Å². The molecule has 0 saturated carbocycles. The fourth-order valence-electron chi connectivity index (χ4n) is 10.3. The van der Waals surface area contributed by atoms with Crippen molar-refractivity contribution in [2.24, 2.45) is 0 Å². The summed E-state index contributed by atoms with van der Waals surface area (Å²) in [5, 5.41) is 2.21. The summed E-state index contributed by atoms with van der Waals surface area (Å²) in [4.78, 5) is 14.8. The minimum atomic E-state index is -0.219. The molecule has 346 valence electrons. The Morgan fingerprint density at radius 1 is 0.623 bits per heavy atom. The molecule has 0 spiro atoms. The monoisotopic (exact) mass is 1080 g/mol. The van der Waals surface area contributed by atoms with Crippen molar-refractivity contribution in [1.82, 2.24) is 19.1 Å². The van der Waals surface area contributed by atoms with Gasteiger partial charge in [-0.3, -0.25) is 0 Å². The number of aryl methyl sites for hydroxylation is 2. The van der Waals surface area contributed by atoms with Crippen LogP contribution >= 0.6 is 0 Å². The van der Waals surface area contributed by atoms with E-state index in [1.807, 2.05) is 12.3 Å². The van der Waals surface area contributed by atoms with Crippen LogP contribution in [0.2, 0.25) is 0 Å². The van der Waals surface area contributed by atoms with Crippen molar-refractivity contribution >= 4 is 49.9 Å². The molecule has 0 N–H and O–H groups in total. The van der Waals surface area contributed by atoms with Crippen LogP contribution in [0.15, 0.2) is 158 Å². The number of benzene rings is 7. The molecule has 0 fully saturated rings. The summed E-state index contributed by atoms with van der Waals surface area (Å²) >= 11 is 0. The second-order valence-electron chi connectivity index (χ2n) is 20.3. The van der Waals surface area contributed by atoms with Crippen LogP contribution in [0.1, 0.15) is 65.8 Å². The van der Waals surface area contributed by atoms with Crippen LogP contribution in [0.25, 0.3) is 72.0 Å². The summed E-state index contributed by atoms with van der Waals surface area (Å²) in [5.41, 5.74) is 14.8. The molecule has 0 unspecified atom stereocenters. The third kappa shape index (κ3) is 7.91. The number of para-hydroxylation sites is 1. The quantitative estimate of drug-likeness (QED) is 0.149. The van der Waals surface area contributed by atoms with E-state index in [-0.39, 0.29) is 32.0 Å². The Hall–Kier alpha value is -6.95. The molecule has 2 aliphatic heterocycles. The van der Waals surface area contributed by atoms with Crippen molar-refractivity contribution in [1.29, 1.82) is 0 Å². The number of nitrogens with zero attached hydrogens (tertiary/aromatic N) is 6. The molecule has 7 nitrogen and oxygen atoms in total. The molecule has 5 heterocycles. The van der Waals surface area contributed by atoms with Crippen molar-refractivity contribution in [2.75, 3.05) is 9.80 Å². The molecule has 0 atom stereocenters. The van der Waals surface area contributed by atoms with Gasteiger partial charge in [-0.1, -0.05) is 123 Å². The Kier molecular flexibility index (Phi) is 11.1. The van der Waals surface area contributed by atoms with Gasteiger partial charge >= 0.3 is 0 Å². The van der Waals surface area contributed by atoms with E-state index in [0.717, 1.165) is 96.5 Å². The van der Waals surface area contributed by atoms with Gasteiger partial charge in [0.1, 0.15) is 11.6 Å². The van der Waals surface area contributed by atoms with Crippen molar-refractivity contribution in [3.63, 3.8) is 0 Å². The minimum absolute atomic E-state index is 0. The molecule has 12 rings (SSSR count). The van der Waals surface area contributed by atoms with E-state index in [1.54, 1.807) is 0 Å². The van der Waals surface area contributed by atoms with Crippen LogP contribution in [0.3, 0.4) is 0 Å². The van der Waals surface area contributed by atoms with Crippen LogP contribution in [-0.2, 0) is 39.4 Å². The summed E-state index contributed by atoms with van der Waals surface area (Å²) in [6.07, 6.45) is 5.26. The van der Waals surface area contributed by atoms with Gasteiger partial charge in [-0.25, -0.2) is 9.97 Å². The Morgan fingerprint density at radius 2 is 1.35 bits per heavy atom. The number of rotatable bonds is 7. The number of anilines is 3. The van der Waals surface area contributed by atoms with Crippen molar-refractivity contribution in [2.45, 2.75) is 78.3 Å². The first-order valence-electron chi connectivity index (χ1n) is 23.8. The zero-order valence-electron chi connectivity index (χ0n) is 39.8. The van der Waals surface area contributed by atoms with E-state index >= 15 is 0 Å². The predicted molar refractivity (Wildman–Crippen MR) is 279 cm³/mol. The zero-order chi connectivity index (χ0) is 46.3. The third-order valence-electron chi connectivity index (χ3n) is 13.7. The second-order valence-corrected chi connectivity index (χ2v) is 20.3. The molecule has 0 radical (unpaired) electrons. The van der Waals surface area contributed by atoms with Crippen molar-refractivity contribution in [3.05, 3.63) is 188 Å². The maximum atomic E-state index is 7.10. The smallest absolute Gasteiger partial charge is 0.135 e. The standard InChI is InChI=1S/C61H53N6O.Pt/c1-60(2,3)43-29-30-62-58(34-43)67-52-25-14-13-22-49(52)50-28-27-45(36-53(50)67)68-46-33-42(59-47(40-18-9-7-10-19-40)23-17-24-48(59)41-20-11-8-12-21-41)32-44(35-46)65-39-66(61(4,5)6)56-38-54-51(37-55(56)65)63-57-26-15-16-31-64(54)57;/h7-14,17-25,27-30,32-34,37-39H,15-16,26,31H2,1-6H3;/q-3;. The molecule has 2 aliphatic rings. The Morgan fingerprint density at radius 3 is 2.07 bits per heavy atom. The molecular weight excluding hydrogens is 1030 g/mol. The fraction of sp³-hybridized carbons (Fsp3) is 0.197. The van der Waals surface area contributed by atoms with Crippen molar-refractivity contribution < 1.29 is 25.8 Å². The van der Waals surface area contributed by atoms with Gasteiger partial charge in [0.2, 0.25) is 0 Å². The Labute approximate surface area is 419 Å². The second kappa shape index (κ2) is 17.2. The Bertz CT molecular complexity index is 3500. The van der Waals surface area contributed by atoms with Crippen LogP contribution in [-0.4, -0.2) is 24.6 Å². The largest absolute Gasteiger partial charge is 0.509 e. The summed E-state index contributed by atoms with van der Waals surface area (Å²) in [5.74, 6) is 3.18. The van der Waals surface area contributed by atoms with Crippen LogP contribution in [0.4, 0.5) is 17.1 Å². The van der Waals surface area contributed by atoms with E-state index in [9.17, 15) is 0 Å². The average Bonchev–Trinajstić information content (AvgIpc) is 4.02. The van der Waals surface area contributed by atoms with E-state index in [4.69, 9.17) is 14.7 Å². The zero-order valence-corrected chi connectivity index (χ0v) is 42.1. The number of ether oxygens (including phenoxy) is 1. The van der Waals surface area contributed by atoms with Crippen LogP contribution in [0.5, 0.6) is 11.5 Å². The first kappa shape index (κ1) is 44.5. The molecule has 69 heavy (non-hydrogen) atoms. The average molecular weight is 1080 g/mol. The summed E-state index contributed by atoms with van der Waals surface area (Å²) < 4.78 is 11.7. The number of hydrogen-bond acceptors (Lipinski definition) is 5. The third-order valence-corrected chi connectivity index (χ3v) is 13.7. The molecule has 0 saturated heterocycles. The molecule has 8 heteroatoms. The van der Waals surface area contributed by atoms with Crippen molar-refractivity contribution in [3.8, 4) is 50.7 Å². The van der Waals surface area contributed by atoms with E-state index in [0.29, 0.717) is 11.5 Å². The van der Waals surface area contributed by atoms with Gasteiger partial charge in [0.05, 0.1) is 11.0 Å². The van der Waals surface area contributed by atoms with Gasteiger partial charge in [-0.2, -0.15) is 12.7 Å². The minimum Gasteiger partial charge on any atom is -0.509 e. The molecule has 3 aromatic heterocycles. The first-order valence-corrected chi connectivity index (χ1v) is 23.8. The number of hydrogen-bond donors (Lipinski definition) is 0. The fourth-order valence-corrected chi connectivity index (χ4v) is 10.3. The number of aromatic nitrogens is 4. The van der Waals surface area contributed by atoms with Gasteiger partial charge in [0.25, 0.3) is 0 Å². The van der Waals surface area contributed by atoms with E-state index in [2.05, 4.69) is 225 Å². The molecule has 0 amide bonds. The van der Waals surface area contributed by atoms with Gasteiger partial charge in [-0.15, -0.1) is 47.0 Å². The summed E-state index contributed by atoms with van der Waals surface area (Å²) in [6, 6.07) is 61.6. The van der Waals surface area contributed by atoms with Gasteiger partial charge in [-0.05, 0) is 108 Å². The van der Waals surface area contributed by atoms with E-state index in [1.165, 1.54) is 29.7 Å². The van der Waals surface area contributed by atoms with Gasteiger partial charge < -0.3 is 23.7 Å². The van der Waals surface area contributed by atoms with Gasteiger partial charge in [0.15, 0.2) is 0 Å². The maximum Gasteiger partial charge on any atom is 0.135 e. The number of pyridine rings is 1. The Balaban J connectivity index is 0.00000520. The van der Waals surface area contributed by atoms with Gasteiger partial charge in [0, 0.05) is 74.2 Å². The number of fused-ring (bicyclic) bond motifs is 7. The SMILES string of the molecule is CC(C)(C)c1ccnc(-n2c3[c-]c(Oc4[c-]c(N5[CH-]N(C(C)(C)C)c6cc7c(cc65)nc5n7CCCC5)cc(-c5c(-c6ccccc6)cccc5-c5ccccc5)c4)ccc3c3ccccc32)c1.[Pt]. The molecule has 0 bridgehead atoms. The topological polar surface area (TPSA) is 51.4 Å². The molecule has 7 aromatic carbocycles. The van der Waals surface area contributed by atoms with Crippen LogP contribution in [0, 0.1) is 18.8 Å². The number of imidazole rings is 1. The molecular formula is C61H53N6OPt-3. The normalized spacial score (nSPS) is 13.8. The maximum absolute atomic E-state index is 7.10. The summed E-state index contributed by atoms with van der Waals surface area (Å²) in [7, 11) is 0. The summed E-state index contributed by atoms with van der Waals surface area (Å²) in [6.45, 7) is 16.7. The first-order chi connectivity index (χ1) is 33.0.